The first-order valence-corrected chi connectivity index (χ1v) is 29.4. The molecule has 8 amide bonds. The van der Waals surface area contributed by atoms with Crippen molar-refractivity contribution in [2.24, 2.45) is 28.7 Å². The number of nitrogens with one attached hydrogen (secondary N) is 5. The van der Waals surface area contributed by atoms with Gasteiger partial charge in [-0.3, -0.25) is 28.8 Å². The molecule has 6 unspecified atom stereocenters. The van der Waals surface area contributed by atoms with Gasteiger partial charge >= 0.3 is 12.0 Å². The normalized spacial score (nSPS) is 15.7. The van der Waals surface area contributed by atoms with Crippen LogP contribution >= 0.6 is 0 Å². The van der Waals surface area contributed by atoms with E-state index in [1.54, 1.807) is 26.1 Å². The Morgan fingerprint density at radius 3 is 2.01 bits per heavy atom. The van der Waals surface area contributed by atoms with Crippen molar-refractivity contribution in [2.45, 2.75) is 190 Å². The second kappa shape index (κ2) is 36.6. The van der Waals surface area contributed by atoms with Gasteiger partial charge in [-0.25, -0.2) is 18.4 Å². The fraction of sp³-hybridized carbons (Fsp3) is 0.607. The van der Waals surface area contributed by atoms with Gasteiger partial charge in [-0.15, -0.1) is 0 Å². The first-order chi connectivity index (χ1) is 39.3. The number of carbonyl (C=O) groups excluding carboxylic acids is 7. The van der Waals surface area contributed by atoms with Crippen LogP contribution < -0.4 is 38.1 Å². The van der Waals surface area contributed by atoms with Gasteiger partial charge < -0.3 is 62.6 Å². The topological polar surface area (TPSA) is 301 Å². The highest BCUT2D eigenvalue weighted by atomic mass is 19.1. The van der Waals surface area contributed by atoms with Crippen molar-refractivity contribution >= 4 is 47.4 Å². The van der Waals surface area contributed by atoms with E-state index in [0.29, 0.717) is 49.5 Å². The molecule has 2 aromatic carbocycles. The van der Waals surface area contributed by atoms with Gasteiger partial charge in [0.05, 0.1) is 12.1 Å². The number of hydrogen-bond donors (Lipinski definition) is 9. The van der Waals surface area contributed by atoms with E-state index in [1.807, 2.05) is 95.2 Å². The number of aliphatic hydroxyl groups is 1. The number of aromatic nitrogens is 1. The van der Waals surface area contributed by atoms with Crippen molar-refractivity contribution in [1.29, 1.82) is 0 Å². The molecule has 20 nitrogen and oxygen atoms in total. The number of unbranched alkanes of at least 4 members (excludes halogenated alkanes) is 3. The number of halogens is 2. The summed E-state index contributed by atoms with van der Waals surface area (Å²) in [5, 5.41) is 33.4. The Hall–Kier alpha value is -6.94. The van der Waals surface area contributed by atoms with Gasteiger partial charge in [-0.05, 0) is 105 Å². The fourth-order valence-electron chi connectivity index (χ4n) is 9.85. The average molecular weight is 1170 g/mol. The average Bonchev–Trinajstić information content (AvgIpc) is 4.17. The molecule has 11 N–H and O–H groups in total. The molecule has 0 radical (unpaired) electrons. The lowest BCUT2D eigenvalue weighted by atomic mass is 9.82. The summed E-state index contributed by atoms with van der Waals surface area (Å²) in [4.78, 5) is 107. The summed E-state index contributed by atoms with van der Waals surface area (Å²) in [5.74, 6) is -5.61. The van der Waals surface area contributed by atoms with Crippen LogP contribution in [0, 0.1) is 28.9 Å². The predicted molar refractivity (Wildman–Crippen MR) is 317 cm³/mol. The van der Waals surface area contributed by atoms with E-state index in [0.717, 1.165) is 30.2 Å². The number of urea groups is 1. The van der Waals surface area contributed by atoms with Gasteiger partial charge in [0, 0.05) is 74.6 Å². The lowest BCUT2D eigenvalue weighted by Gasteiger charge is -2.41. The first-order valence-electron chi connectivity index (χ1n) is 29.4. The van der Waals surface area contributed by atoms with E-state index in [1.165, 1.54) is 4.90 Å². The molecule has 0 bridgehead atoms. The second-order valence-corrected chi connectivity index (χ2v) is 22.1. The zero-order valence-electron chi connectivity index (χ0n) is 50.8. The van der Waals surface area contributed by atoms with Crippen LogP contribution in [0.4, 0.5) is 13.6 Å². The van der Waals surface area contributed by atoms with Crippen LogP contribution in [0.1, 0.15) is 164 Å². The molecule has 1 aromatic heterocycles. The van der Waals surface area contributed by atoms with Crippen molar-refractivity contribution in [3.63, 3.8) is 0 Å². The van der Waals surface area contributed by atoms with Gasteiger partial charge in [0.1, 0.15) is 36.4 Å². The van der Waals surface area contributed by atoms with Crippen molar-refractivity contribution in [2.75, 3.05) is 32.8 Å². The van der Waals surface area contributed by atoms with Crippen molar-refractivity contribution in [3.05, 3.63) is 83.7 Å². The maximum Gasteiger partial charge on any atom is 0.326 e. The summed E-state index contributed by atoms with van der Waals surface area (Å²) in [6, 6.07) is 8.10. The third-order valence-corrected chi connectivity index (χ3v) is 14.4. The molecule has 1 aliphatic rings. The SMILES string of the molecule is CC.CC.CC1CC(=O)N(CCCCCC(=O)N[C@H](C(=O)NC(CCCNC(N)=O)C(=O)NC(CCCCNC(=O)C(N)CCN(C(=O)CO)C(c2cc(-c3cc(F)ccc3F)cn2Cc2ccccc2)C(C)(C)C)C(=O)O)C(C)C)C1C. The summed E-state index contributed by atoms with van der Waals surface area (Å²) >= 11 is 0. The minimum Gasteiger partial charge on any atom is -0.480 e. The molecule has 0 saturated carbocycles. The smallest absolute Gasteiger partial charge is 0.326 e. The molecule has 0 spiro atoms. The Labute approximate surface area is 490 Å². The Kier molecular flexibility index (Phi) is 31.8. The summed E-state index contributed by atoms with van der Waals surface area (Å²) < 4.78 is 31.5. The summed E-state index contributed by atoms with van der Waals surface area (Å²) in [7, 11) is 0. The molecule has 83 heavy (non-hydrogen) atoms. The van der Waals surface area contributed by atoms with E-state index in [-0.39, 0.29) is 88.0 Å². The highest BCUT2D eigenvalue weighted by Gasteiger charge is 2.38. The number of nitrogens with zero attached hydrogens (tertiary/aromatic N) is 3. The number of amides is 8. The van der Waals surface area contributed by atoms with E-state index in [9.17, 15) is 53.0 Å². The van der Waals surface area contributed by atoms with E-state index < -0.39 is 95.4 Å². The zero-order valence-corrected chi connectivity index (χ0v) is 50.8. The van der Waals surface area contributed by atoms with E-state index in [2.05, 4.69) is 33.5 Å². The number of aliphatic hydroxyl groups excluding tert-OH is 1. The van der Waals surface area contributed by atoms with Gasteiger partial charge in [-0.1, -0.05) is 106 Å². The van der Waals surface area contributed by atoms with Crippen molar-refractivity contribution in [1.82, 2.24) is 41.0 Å². The number of hydrogen-bond acceptors (Lipinski definition) is 10. The van der Waals surface area contributed by atoms with Gasteiger partial charge in [0.15, 0.2) is 0 Å². The molecule has 4 rings (SSSR count). The number of carbonyl (C=O) groups is 8. The molecule has 0 aliphatic carbocycles. The van der Waals surface area contributed by atoms with Crippen LogP contribution in [-0.2, 0) is 40.1 Å². The monoisotopic (exact) mass is 1170 g/mol. The number of likely N-dealkylation sites (tertiary alicyclic amines) is 1. The van der Waals surface area contributed by atoms with Crippen molar-refractivity contribution in [3.8, 4) is 11.1 Å². The van der Waals surface area contributed by atoms with Crippen molar-refractivity contribution < 1.29 is 57.4 Å². The van der Waals surface area contributed by atoms with Crippen LogP contribution in [-0.4, -0.2) is 135 Å². The minimum absolute atomic E-state index is 0.0184. The highest BCUT2D eigenvalue weighted by molar-refractivity contribution is 5.93. The zero-order chi connectivity index (χ0) is 62.6. The fourth-order valence-corrected chi connectivity index (χ4v) is 9.85. The lowest BCUT2D eigenvalue weighted by Crippen LogP contribution is -2.57. The number of rotatable bonds is 32. The largest absolute Gasteiger partial charge is 0.480 e. The van der Waals surface area contributed by atoms with E-state index in [4.69, 9.17) is 11.5 Å². The number of carboxylic acid groups (broad SMARTS) is 1. The molecular weight excluding hydrogens is 1070 g/mol. The van der Waals surface area contributed by atoms with Crippen LogP contribution in [0.2, 0.25) is 0 Å². The van der Waals surface area contributed by atoms with Crippen LogP contribution in [0.15, 0.2) is 60.8 Å². The standard InChI is InChI=1S/C57H84F2N10O10.2C2H6/c1-35(2)50(66-47(71)21-12-9-15-27-68-37(4)36(3)29-48(68)72)54(76)64-44(20-16-26-63-56(61)79)53(75)65-45(55(77)78)19-13-14-25-62-52(74)43(60)24-28-69(49(73)34-70)51(57(5,6)7)46-30-39(41-31-40(58)22-23-42(41)59)33-67(46)32-38-17-10-8-11-18-38;2*1-2/h8,10-11,17-18,22-23,30-31,33,35-37,43-45,50-51,70H,9,12-16,19-21,24-29,32,34,60H2,1-7H3,(H,62,74)(H,64,76)(H,65,75)(H,66,71)(H,77,78)(H3,61,63,79);2*1-2H3/t36?,37?,43?,44?,45?,50-,51?;;/m0../s1. The molecule has 2 heterocycles. The summed E-state index contributed by atoms with van der Waals surface area (Å²) in [5.41, 5.74) is 12.7. The number of nitrogens with two attached hydrogens (primary N) is 2. The Balaban J connectivity index is 0.00000575. The van der Waals surface area contributed by atoms with Crippen LogP contribution in [0.25, 0.3) is 11.1 Å². The van der Waals surface area contributed by atoms with Crippen LogP contribution in [0.5, 0.6) is 0 Å². The minimum atomic E-state index is -1.40. The van der Waals surface area contributed by atoms with Gasteiger partial charge in [0.25, 0.3) is 0 Å². The molecule has 1 fully saturated rings. The number of carboxylic acids is 1. The third kappa shape index (κ3) is 23.7. The molecule has 1 saturated heterocycles. The number of aliphatic carboxylic acids is 1. The molecule has 1 aliphatic heterocycles. The first kappa shape index (κ1) is 72.2. The van der Waals surface area contributed by atoms with Crippen LogP contribution in [0.3, 0.4) is 0 Å². The quantitative estimate of drug-likeness (QED) is 0.0290. The van der Waals surface area contributed by atoms with E-state index >= 15 is 4.39 Å². The predicted octanol–water partition coefficient (Wildman–Crippen LogP) is 6.91. The Morgan fingerprint density at radius 2 is 1.42 bits per heavy atom. The summed E-state index contributed by atoms with van der Waals surface area (Å²) in [6.07, 6.45) is 4.89. The van der Waals surface area contributed by atoms with Gasteiger partial charge in [-0.2, -0.15) is 0 Å². The molecule has 7 atom stereocenters. The molecular formula is C61H96F2N10O10. The molecule has 3 aromatic rings. The molecule has 464 valence electrons. The summed E-state index contributed by atoms with van der Waals surface area (Å²) in [6.45, 7) is 21.4. The maximum absolute atomic E-state index is 15.2. The van der Waals surface area contributed by atoms with Gasteiger partial charge in [0.2, 0.25) is 35.4 Å². The highest BCUT2D eigenvalue weighted by Crippen LogP contribution is 2.41. The number of primary amides is 1. The second-order valence-electron chi connectivity index (χ2n) is 22.1. The third-order valence-electron chi connectivity index (χ3n) is 14.4. The Morgan fingerprint density at radius 1 is 0.783 bits per heavy atom. The number of benzene rings is 2. The Bertz CT molecular complexity index is 2540. The maximum atomic E-state index is 15.2. The lowest BCUT2D eigenvalue weighted by molar-refractivity contribution is -0.142. The molecule has 22 heteroatoms.